The van der Waals surface area contributed by atoms with Gasteiger partial charge in [-0.2, -0.15) is 5.26 Å². The zero-order valence-corrected chi connectivity index (χ0v) is 15.8. The van der Waals surface area contributed by atoms with Gasteiger partial charge in [-0.25, -0.2) is 0 Å². The zero-order valence-electron chi connectivity index (χ0n) is 12.8. The van der Waals surface area contributed by atoms with Crippen molar-refractivity contribution in [1.29, 1.82) is 5.26 Å². The van der Waals surface area contributed by atoms with Gasteiger partial charge in [-0.1, -0.05) is 0 Å². The molecule has 2 rings (SSSR count). The molecular weight excluding hydrogens is 409 g/mol. The van der Waals surface area contributed by atoms with Crippen LogP contribution in [0, 0.1) is 25.2 Å². The van der Waals surface area contributed by atoms with Crippen molar-refractivity contribution in [3.05, 3.63) is 46.8 Å². The number of nitrogens with zero attached hydrogens (tertiary/aromatic N) is 3. The highest BCUT2D eigenvalue weighted by atomic mass is 127. The summed E-state index contributed by atoms with van der Waals surface area (Å²) in [5, 5.41) is 10.3. The van der Waals surface area contributed by atoms with Crippen LogP contribution in [0.15, 0.2) is 30.0 Å². The Kier molecular flexibility index (Phi) is 5.19. The topological polar surface area (TPSA) is 49.0 Å². The Hall–Kier alpha value is -1.46. The quantitative estimate of drug-likeness (QED) is 0.318. The van der Waals surface area contributed by atoms with Crippen LogP contribution in [0.5, 0.6) is 0 Å². The summed E-state index contributed by atoms with van der Waals surface area (Å²) in [7, 11) is 5.02. The van der Waals surface area contributed by atoms with Crippen LogP contribution in [0.2, 0.25) is 0 Å². The van der Waals surface area contributed by atoms with Crippen LogP contribution >= 0.6 is 30.3 Å². The molecule has 0 aliphatic carbocycles. The first-order valence-corrected chi connectivity index (χ1v) is 9.95. The number of ketones is 1. The molecule has 0 spiro atoms. The molecule has 1 heterocycles. The van der Waals surface area contributed by atoms with Gasteiger partial charge in [0.15, 0.2) is 0 Å². The second-order valence-electron chi connectivity index (χ2n) is 5.34. The van der Waals surface area contributed by atoms with E-state index in [1.165, 1.54) is 20.2 Å². The molecule has 2 aromatic rings. The highest BCUT2D eigenvalue weighted by Crippen LogP contribution is 2.31. The number of hydrogen-bond donors (Lipinski definition) is 0. The molecule has 0 aliphatic rings. The zero-order chi connectivity index (χ0) is 16.4. The van der Waals surface area contributed by atoms with Gasteiger partial charge in [0, 0.05) is 56.0 Å². The van der Waals surface area contributed by atoms with Gasteiger partial charge in [-0.05, 0) is 43.2 Å². The van der Waals surface area contributed by atoms with Gasteiger partial charge in [-0.15, -0.1) is 0 Å². The van der Waals surface area contributed by atoms with E-state index < -0.39 is 0 Å². The number of Topliss-reactive ketones (excluding diaryl/α,β-unsaturated/α-hetero) is 1. The number of carbonyl (C=O) groups excluding carboxylic acids is 1. The first-order chi connectivity index (χ1) is 10.4. The third-order valence-corrected chi connectivity index (χ3v) is 5.14. The van der Waals surface area contributed by atoms with Gasteiger partial charge in [0.2, 0.25) is 5.78 Å². The van der Waals surface area contributed by atoms with Crippen molar-refractivity contribution >= 4 is 47.0 Å². The number of rotatable bonds is 4. The molecule has 0 saturated heterocycles. The van der Waals surface area contributed by atoms with Crippen LogP contribution in [0.4, 0.5) is 0 Å². The summed E-state index contributed by atoms with van der Waals surface area (Å²) in [6, 6.07) is 8.01. The third-order valence-electron chi connectivity index (χ3n) is 3.43. The summed E-state index contributed by atoms with van der Waals surface area (Å²) in [6.07, 6.45) is 1.55. The lowest BCUT2D eigenvalue weighted by Crippen LogP contribution is -2.10. The molecule has 1 aromatic heterocycles. The lowest BCUT2D eigenvalue weighted by molar-refractivity contribution is 0.103. The molecule has 1 aromatic carbocycles. The van der Waals surface area contributed by atoms with E-state index in [4.69, 9.17) is 0 Å². The maximum Gasteiger partial charge on any atom is 0.222 e. The standard InChI is InChI=1S/C16H16IN3OS/c1-10-5-12-7-15(16(21)13(8-18)9-19(3)4)20(22-17)14(12)6-11(10)2/h5-7,9H,1-4H3/b13-9+. The van der Waals surface area contributed by atoms with Crippen molar-refractivity contribution in [2.24, 2.45) is 0 Å². The number of aromatic nitrogens is 1. The molecule has 4 nitrogen and oxygen atoms in total. The molecule has 22 heavy (non-hydrogen) atoms. The lowest BCUT2D eigenvalue weighted by atomic mass is 10.1. The van der Waals surface area contributed by atoms with E-state index in [9.17, 15) is 10.1 Å². The van der Waals surface area contributed by atoms with E-state index in [0.29, 0.717) is 5.69 Å². The maximum atomic E-state index is 12.7. The predicted octanol–water partition coefficient (Wildman–Crippen LogP) is 4.26. The molecule has 0 radical (unpaired) electrons. The second kappa shape index (κ2) is 6.75. The first kappa shape index (κ1) is 16.9. The minimum atomic E-state index is -0.258. The monoisotopic (exact) mass is 425 g/mol. The fourth-order valence-corrected chi connectivity index (χ4v) is 3.93. The van der Waals surface area contributed by atoms with Crippen LogP contribution in [0.25, 0.3) is 10.9 Å². The number of benzene rings is 1. The van der Waals surface area contributed by atoms with Crippen molar-refractivity contribution in [3.63, 3.8) is 0 Å². The molecule has 0 fully saturated rings. The number of fused-ring (bicyclic) bond motifs is 1. The van der Waals surface area contributed by atoms with Crippen molar-refractivity contribution in [2.75, 3.05) is 14.1 Å². The second-order valence-corrected chi connectivity index (χ2v) is 7.02. The molecule has 0 aliphatic heterocycles. The van der Waals surface area contributed by atoms with Gasteiger partial charge in [-0.3, -0.25) is 8.77 Å². The van der Waals surface area contributed by atoms with Gasteiger partial charge >= 0.3 is 0 Å². The fraction of sp³-hybridized carbons (Fsp3) is 0.250. The molecular formula is C16H16IN3OS. The molecule has 0 unspecified atom stereocenters. The summed E-state index contributed by atoms with van der Waals surface area (Å²) >= 11 is 2.15. The van der Waals surface area contributed by atoms with Crippen LogP contribution in [0.3, 0.4) is 0 Å². The van der Waals surface area contributed by atoms with Crippen LogP contribution in [-0.4, -0.2) is 28.8 Å². The van der Waals surface area contributed by atoms with Crippen molar-refractivity contribution < 1.29 is 4.79 Å². The molecule has 0 saturated carbocycles. The number of hydrogen-bond acceptors (Lipinski definition) is 4. The Bertz CT molecular complexity index is 815. The molecule has 0 atom stereocenters. The summed E-state index contributed by atoms with van der Waals surface area (Å²) < 4.78 is 1.88. The minimum absolute atomic E-state index is 0.132. The number of carbonyl (C=O) groups is 1. The first-order valence-electron chi connectivity index (χ1n) is 6.64. The average molecular weight is 425 g/mol. The lowest BCUT2D eigenvalue weighted by Gasteiger charge is -2.08. The van der Waals surface area contributed by atoms with Crippen LogP contribution in [-0.2, 0) is 0 Å². The van der Waals surface area contributed by atoms with E-state index in [0.717, 1.165) is 10.9 Å². The Morgan fingerprint density at radius 3 is 2.50 bits per heavy atom. The van der Waals surface area contributed by atoms with E-state index in [1.54, 1.807) is 25.2 Å². The molecule has 0 amide bonds. The summed E-state index contributed by atoms with van der Waals surface area (Å²) in [5.74, 6) is -0.258. The third kappa shape index (κ3) is 3.15. The Balaban J connectivity index is 2.65. The van der Waals surface area contributed by atoms with Gasteiger partial charge in [0.05, 0.1) is 5.52 Å². The van der Waals surface area contributed by atoms with Gasteiger partial charge < -0.3 is 4.90 Å². The number of nitriles is 1. The number of aryl methyl sites for hydroxylation is 2. The summed E-state index contributed by atoms with van der Waals surface area (Å²) in [4.78, 5) is 14.4. The highest BCUT2D eigenvalue weighted by Gasteiger charge is 2.20. The van der Waals surface area contributed by atoms with Gasteiger partial charge in [0.1, 0.15) is 17.3 Å². The number of halogens is 1. The van der Waals surface area contributed by atoms with E-state index in [-0.39, 0.29) is 11.4 Å². The van der Waals surface area contributed by atoms with Crippen molar-refractivity contribution in [3.8, 4) is 6.07 Å². The molecule has 6 heteroatoms. The Morgan fingerprint density at radius 2 is 1.95 bits per heavy atom. The normalized spacial score (nSPS) is 11.5. The van der Waals surface area contributed by atoms with Crippen LogP contribution < -0.4 is 0 Å². The minimum Gasteiger partial charge on any atom is -0.382 e. The van der Waals surface area contributed by atoms with E-state index in [1.807, 2.05) is 16.1 Å². The van der Waals surface area contributed by atoms with Crippen LogP contribution in [0.1, 0.15) is 21.6 Å². The maximum absolute atomic E-state index is 12.7. The molecule has 0 bridgehead atoms. The SMILES string of the molecule is Cc1cc2cc(C(=O)/C(C#N)=C/N(C)C)n(SI)c2cc1C. The van der Waals surface area contributed by atoms with E-state index >= 15 is 0 Å². The number of allylic oxidation sites excluding steroid dienone is 1. The highest BCUT2D eigenvalue weighted by molar-refractivity contribution is 14.2. The largest absolute Gasteiger partial charge is 0.382 e. The summed E-state index contributed by atoms with van der Waals surface area (Å²) in [6.45, 7) is 4.11. The molecule has 0 N–H and O–H groups in total. The van der Waals surface area contributed by atoms with E-state index in [2.05, 4.69) is 47.2 Å². The summed E-state index contributed by atoms with van der Waals surface area (Å²) in [5.41, 5.74) is 4.02. The van der Waals surface area contributed by atoms with Crippen molar-refractivity contribution in [1.82, 2.24) is 8.87 Å². The molecule has 114 valence electrons. The fourth-order valence-electron chi connectivity index (χ4n) is 2.22. The predicted molar refractivity (Wildman–Crippen MR) is 100 cm³/mol. The van der Waals surface area contributed by atoms with Gasteiger partial charge in [0.25, 0.3) is 0 Å². The average Bonchev–Trinajstić information content (AvgIpc) is 2.81. The van der Waals surface area contributed by atoms with Crippen molar-refractivity contribution in [2.45, 2.75) is 13.8 Å². The Labute approximate surface area is 146 Å². The smallest absolute Gasteiger partial charge is 0.222 e. The Morgan fingerprint density at radius 1 is 1.32 bits per heavy atom.